The average molecular weight is 330 g/mol. The van der Waals surface area contributed by atoms with Crippen molar-refractivity contribution in [3.05, 3.63) is 59.7 Å². The first-order valence-corrected chi connectivity index (χ1v) is 9.31. The standard InChI is InChI=1S/C17H18N2O3S/c1-23(21,22)18-15-10-8-14(9-11-15)17(20)19-12-4-6-13-5-2-3-7-16(13)19/h2-3,5,7-11,18H,4,6,12H2,1H3. The molecule has 2 aromatic carbocycles. The Labute approximate surface area is 136 Å². The van der Waals surface area contributed by atoms with Gasteiger partial charge in [-0.15, -0.1) is 0 Å². The van der Waals surface area contributed by atoms with Gasteiger partial charge in [-0.05, 0) is 48.7 Å². The molecule has 0 spiro atoms. The molecule has 0 aromatic heterocycles. The van der Waals surface area contributed by atoms with Crippen LogP contribution in [-0.4, -0.2) is 27.1 Å². The molecule has 5 nitrogen and oxygen atoms in total. The van der Waals surface area contributed by atoms with Gasteiger partial charge in [0.1, 0.15) is 0 Å². The molecule has 0 unspecified atom stereocenters. The average Bonchev–Trinajstić information content (AvgIpc) is 2.53. The Morgan fingerprint density at radius 1 is 1.09 bits per heavy atom. The van der Waals surface area contributed by atoms with Crippen LogP contribution in [0.1, 0.15) is 22.3 Å². The van der Waals surface area contributed by atoms with Gasteiger partial charge in [0.2, 0.25) is 10.0 Å². The fourth-order valence-corrected chi connectivity index (χ4v) is 3.36. The SMILES string of the molecule is CS(=O)(=O)Nc1ccc(C(=O)N2CCCc3ccccc32)cc1. The Morgan fingerprint density at radius 2 is 1.78 bits per heavy atom. The number of sulfonamides is 1. The van der Waals surface area contributed by atoms with Gasteiger partial charge in [0.25, 0.3) is 5.91 Å². The first kappa shape index (κ1) is 15.6. The summed E-state index contributed by atoms with van der Waals surface area (Å²) in [6.07, 6.45) is 3.02. The molecule has 0 atom stereocenters. The minimum Gasteiger partial charge on any atom is -0.308 e. The van der Waals surface area contributed by atoms with E-state index in [0.29, 0.717) is 17.8 Å². The van der Waals surface area contributed by atoms with Gasteiger partial charge in [0, 0.05) is 23.5 Å². The summed E-state index contributed by atoms with van der Waals surface area (Å²) in [4.78, 5) is 14.5. The predicted molar refractivity (Wildman–Crippen MR) is 91.3 cm³/mol. The third-order valence-corrected chi connectivity index (χ3v) is 4.40. The number of para-hydroxylation sites is 1. The van der Waals surface area contributed by atoms with Crippen molar-refractivity contribution in [2.24, 2.45) is 0 Å². The van der Waals surface area contributed by atoms with Crippen molar-refractivity contribution < 1.29 is 13.2 Å². The zero-order chi connectivity index (χ0) is 16.4. The van der Waals surface area contributed by atoms with E-state index in [0.717, 1.165) is 24.8 Å². The summed E-state index contributed by atoms with van der Waals surface area (Å²) >= 11 is 0. The van der Waals surface area contributed by atoms with Crippen molar-refractivity contribution in [1.82, 2.24) is 0 Å². The molecule has 2 aromatic rings. The van der Waals surface area contributed by atoms with Crippen molar-refractivity contribution in [2.45, 2.75) is 12.8 Å². The van der Waals surface area contributed by atoms with Crippen LogP contribution in [0.25, 0.3) is 0 Å². The van der Waals surface area contributed by atoms with Crippen molar-refractivity contribution in [3.8, 4) is 0 Å². The van der Waals surface area contributed by atoms with Crippen molar-refractivity contribution in [3.63, 3.8) is 0 Å². The van der Waals surface area contributed by atoms with Gasteiger partial charge in [-0.1, -0.05) is 18.2 Å². The van der Waals surface area contributed by atoms with E-state index in [-0.39, 0.29) is 5.91 Å². The number of amides is 1. The van der Waals surface area contributed by atoms with E-state index in [2.05, 4.69) is 4.72 Å². The van der Waals surface area contributed by atoms with Crippen LogP contribution in [0.15, 0.2) is 48.5 Å². The lowest BCUT2D eigenvalue weighted by atomic mass is 10.0. The van der Waals surface area contributed by atoms with E-state index >= 15 is 0 Å². The summed E-state index contributed by atoms with van der Waals surface area (Å²) in [5.74, 6) is -0.0666. The molecular weight excluding hydrogens is 312 g/mol. The highest BCUT2D eigenvalue weighted by molar-refractivity contribution is 7.92. The molecule has 6 heteroatoms. The minimum absolute atomic E-state index is 0.0666. The Hall–Kier alpha value is -2.34. The fraction of sp³-hybridized carbons (Fsp3) is 0.235. The van der Waals surface area contributed by atoms with E-state index in [1.54, 1.807) is 29.2 Å². The normalized spacial score (nSPS) is 14.2. The molecule has 3 rings (SSSR count). The van der Waals surface area contributed by atoms with Gasteiger partial charge in [-0.25, -0.2) is 8.42 Å². The van der Waals surface area contributed by atoms with Crippen LogP contribution in [0, 0.1) is 0 Å². The fourth-order valence-electron chi connectivity index (χ4n) is 2.80. The molecular formula is C17H18N2O3S. The number of carbonyl (C=O) groups is 1. The van der Waals surface area contributed by atoms with Gasteiger partial charge in [-0.3, -0.25) is 9.52 Å². The predicted octanol–water partition coefficient (Wildman–Crippen LogP) is 2.65. The number of benzene rings is 2. The summed E-state index contributed by atoms with van der Waals surface area (Å²) in [7, 11) is -3.32. The molecule has 0 fully saturated rings. The number of nitrogens with zero attached hydrogens (tertiary/aromatic N) is 1. The maximum absolute atomic E-state index is 12.7. The van der Waals surface area contributed by atoms with E-state index in [1.165, 1.54) is 5.56 Å². The quantitative estimate of drug-likeness (QED) is 0.941. The van der Waals surface area contributed by atoms with Crippen LogP contribution in [-0.2, 0) is 16.4 Å². The third kappa shape index (κ3) is 3.53. The maximum Gasteiger partial charge on any atom is 0.258 e. The van der Waals surface area contributed by atoms with Crippen LogP contribution in [0.5, 0.6) is 0 Å². The molecule has 0 radical (unpaired) electrons. The number of hydrogen-bond acceptors (Lipinski definition) is 3. The molecule has 1 aliphatic heterocycles. The van der Waals surface area contributed by atoms with Crippen molar-refractivity contribution >= 4 is 27.3 Å². The monoisotopic (exact) mass is 330 g/mol. The highest BCUT2D eigenvalue weighted by atomic mass is 32.2. The van der Waals surface area contributed by atoms with Crippen LogP contribution < -0.4 is 9.62 Å². The smallest absolute Gasteiger partial charge is 0.258 e. The summed E-state index contributed by atoms with van der Waals surface area (Å²) in [5, 5.41) is 0. The van der Waals surface area contributed by atoms with Gasteiger partial charge in [0.15, 0.2) is 0 Å². The van der Waals surface area contributed by atoms with E-state index in [1.807, 2.05) is 24.3 Å². The first-order chi connectivity index (χ1) is 10.9. The molecule has 0 saturated heterocycles. The lowest BCUT2D eigenvalue weighted by Crippen LogP contribution is -2.35. The van der Waals surface area contributed by atoms with Gasteiger partial charge in [0.05, 0.1) is 6.26 Å². The van der Waals surface area contributed by atoms with Crippen LogP contribution in [0.2, 0.25) is 0 Å². The van der Waals surface area contributed by atoms with E-state index < -0.39 is 10.0 Å². The number of rotatable bonds is 3. The largest absolute Gasteiger partial charge is 0.308 e. The summed E-state index contributed by atoms with van der Waals surface area (Å²) in [6, 6.07) is 14.4. The van der Waals surface area contributed by atoms with Gasteiger partial charge in [-0.2, -0.15) is 0 Å². The van der Waals surface area contributed by atoms with Crippen molar-refractivity contribution in [2.75, 3.05) is 22.4 Å². The Balaban J connectivity index is 1.84. The molecule has 1 heterocycles. The number of nitrogens with one attached hydrogen (secondary N) is 1. The maximum atomic E-state index is 12.7. The highest BCUT2D eigenvalue weighted by Gasteiger charge is 2.23. The molecule has 0 bridgehead atoms. The number of aryl methyl sites for hydroxylation is 1. The van der Waals surface area contributed by atoms with Crippen LogP contribution in [0.3, 0.4) is 0 Å². The van der Waals surface area contributed by atoms with Crippen molar-refractivity contribution in [1.29, 1.82) is 0 Å². The second kappa shape index (κ2) is 6.04. The first-order valence-electron chi connectivity index (χ1n) is 7.42. The van der Waals surface area contributed by atoms with Gasteiger partial charge >= 0.3 is 0 Å². The Kier molecular flexibility index (Phi) is 4.09. The summed E-state index contributed by atoms with van der Waals surface area (Å²) in [5.41, 5.74) is 3.13. The number of anilines is 2. The molecule has 120 valence electrons. The second-order valence-corrected chi connectivity index (χ2v) is 7.39. The molecule has 1 amide bonds. The topological polar surface area (TPSA) is 66.5 Å². The summed E-state index contributed by atoms with van der Waals surface area (Å²) < 4.78 is 24.8. The zero-order valence-corrected chi connectivity index (χ0v) is 13.6. The molecule has 1 aliphatic rings. The van der Waals surface area contributed by atoms with Crippen LogP contribution >= 0.6 is 0 Å². The Morgan fingerprint density at radius 3 is 2.48 bits per heavy atom. The molecule has 0 saturated carbocycles. The molecule has 23 heavy (non-hydrogen) atoms. The lowest BCUT2D eigenvalue weighted by molar-refractivity contribution is 0.0985. The highest BCUT2D eigenvalue weighted by Crippen LogP contribution is 2.28. The number of carbonyl (C=O) groups excluding carboxylic acids is 1. The molecule has 0 aliphatic carbocycles. The number of fused-ring (bicyclic) bond motifs is 1. The zero-order valence-electron chi connectivity index (χ0n) is 12.8. The third-order valence-electron chi connectivity index (χ3n) is 3.79. The van der Waals surface area contributed by atoms with E-state index in [4.69, 9.17) is 0 Å². The van der Waals surface area contributed by atoms with Gasteiger partial charge < -0.3 is 4.90 Å². The number of hydrogen-bond donors (Lipinski definition) is 1. The second-order valence-electron chi connectivity index (χ2n) is 5.64. The Bertz CT molecular complexity index is 829. The van der Waals surface area contributed by atoms with E-state index in [9.17, 15) is 13.2 Å². The summed E-state index contributed by atoms with van der Waals surface area (Å²) in [6.45, 7) is 0.694. The van der Waals surface area contributed by atoms with Crippen LogP contribution in [0.4, 0.5) is 11.4 Å². The minimum atomic E-state index is -3.32. The lowest BCUT2D eigenvalue weighted by Gasteiger charge is -2.29. The molecule has 1 N–H and O–H groups in total.